The molecule has 4 aromatic carbocycles. The molecule has 9 heteroatoms. The lowest BCUT2D eigenvalue weighted by atomic mass is 9.99. The Balaban J connectivity index is 1.29. The van der Waals surface area contributed by atoms with Crippen LogP contribution in [0.25, 0.3) is 16.9 Å². The van der Waals surface area contributed by atoms with Crippen LogP contribution < -0.4 is 15.8 Å². The van der Waals surface area contributed by atoms with Crippen LogP contribution in [0.2, 0.25) is 0 Å². The van der Waals surface area contributed by atoms with Crippen molar-refractivity contribution in [1.82, 2.24) is 15.3 Å². The number of hydroxylamine groups is 1. The van der Waals surface area contributed by atoms with Gasteiger partial charge in [-0.2, -0.15) is 5.48 Å². The van der Waals surface area contributed by atoms with Crippen LogP contribution in [0, 0.1) is 0 Å². The van der Waals surface area contributed by atoms with E-state index in [4.69, 9.17) is 14.1 Å². The molecule has 0 aliphatic carbocycles. The minimum atomic E-state index is -0.283. The molecule has 8 nitrogen and oxygen atoms in total. The zero-order valence-electron chi connectivity index (χ0n) is 27.1. The summed E-state index contributed by atoms with van der Waals surface area (Å²) in [6.07, 6.45) is 9.04. The van der Waals surface area contributed by atoms with Crippen molar-refractivity contribution in [3.63, 3.8) is 0 Å². The Bertz CT molecular complexity index is 1700. The normalized spacial score (nSPS) is 11.2. The standard InChI is InChI=1S/C38H43N3O5S/c1-3-5-7-9-13-29-14-12-15-31(27-29)28-30-18-20-32(21-19-30)36-37(38(42)41(40-36)33-16-10-8-11-17-33)43-34-22-24-35(25-23-34)47-46-45-44-39-26-6-4-2/h8,10-12,14-25,27,39-40H,3-7,9,13,26,28H2,1-2H3. The quantitative estimate of drug-likeness (QED) is 0.0397. The third kappa shape index (κ3) is 10.2. The number of benzene rings is 4. The van der Waals surface area contributed by atoms with Gasteiger partial charge in [-0.1, -0.05) is 106 Å². The van der Waals surface area contributed by atoms with Crippen LogP contribution in [0.4, 0.5) is 0 Å². The number of nitrogens with one attached hydrogen (secondary N) is 2. The molecule has 0 fully saturated rings. The van der Waals surface area contributed by atoms with Crippen LogP contribution in [0.1, 0.15) is 69.1 Å². The van der Waals surface area contributed by atoms with Crippen LogP contribution in [0.5, 0.6) is 11.5 Å². The van der Waals surface area contributed by atoms with Crippen LogP contribution in [-0.4, -0.2) is 16.3 Å². The number of para-hydroxylation sites is 1. The minimum Gasteiger partial charge on any atom is -0.449 e. The summed E-state index contributed by atoms with van der Waals surface area (Å²) in [6.45, 7) is 5.00. The summed E-state index contributed by atoms with van der Waals surface area (Å²) in [5.41, 5.74) is 8.44. The fourth-order valence-electron chi connectivity index (χ4n) is 5.21. The van der Waals surface area contributed by atoms with E-state index in [1.54, 1.807) is 12.1 Å². The molecule has 0 bridgehead atoms. The van der Waals surface area contributed by atoms with Crippen molar-refractivity contribution >= 4 is 12.0 Å². The highest BCUT2D eigenvalue weighted by Gasteiger charge is 2.19. The van der Waals surface area contributed by atoms with Gasteiger partial charge in [0.15, 0.2) is 0 Å². The topological polar surface area (TPSA) is 86.7 Å². The zero-order chi connectivity index (χ0) is 32.7. The molecule has 0 saturated heterocycles. The number of aromatic amines is 1. The Labute approximate surface area is 281 Å². The van der Waals surface area contributed by atoms with Gasteiger partial charge in [-0.15, -0.1) is 9.32 Å². The Morgan fingerprint density at radius 2 is 1.53 bits per heavy atom. The van der Waals surface area contributed by atoms with E-state index in [2.05, 4.69) is 65.9 Å². The fourth-order valence-corrected chi connectivity index (χ4v) is 5.59. The van der Waals surface area contributed by atoms with Gasteiger partial charge >= 0.3 is 5.56 Å². The van der Waals surface area contributed by atoms with Gasteiger partial charge in [0.1, 0.15) is 11.4 Å². The molecule has 2 N–H and O–H groups in total. The number of hydrogen-bond donors (Lipinski definition) is 2. The van der Waals surface area contributed by atoms with Crippen molar-refractivity contribution in [2.45, 2.75) is 70.1 Å². The first kappa shape index (κ1) is 34.2. The fraction of sp³-hybridized carbons (Fsp3) is 0.289. The van der Waals surface area contributed by atoms with E-state index in [0.29, 0.717) is 18.0 Å². The predicted octanol–water partition coefficient (Wildman–Crippen LogP) is 9.53. The number of H-pyrrole nitrogens is 1. The third-order valence-corrected chi connectivity index (χ3v) is 8.34. The highest BCUT2D eigenvalue weighted by Crippen LogP contribution is 2.32. The zero-order valence-corrected chi connectivity index (χ0v) is 27.9. The lowest BCUT2D eigenvalue weighted by molar-refractivity contribution is -0.486. The molecule has 0 aliphatic heterocycles. The second-order valence-electron chi connectivity index (χ2n) is 11.4. The molecule has 5 aromatic rings. The van der Waals surface area contributed by atoms with Crippen molar-refractivity contribution in [1.29, 1.82) is 0 Å². The van der Waals surface area contributed by atoms with Gasteiger partial charge < -0.3 is 4.74 Å². The number of unbranched alkanes of at least 4 members (excludes halogenated alkanes) is 4. The van der Waals surface area contributed by atoms with Crippen molar-refractivity contribution in [3.8, 4) is 28.4 Å². The molecule has 47 heavy (non-hydrogen) atoms. The second kappa shape index (κ2) is 18.3. The second-order valence-corrected chi connectivity index (χ2v) is 12.2. The Hall–Kier alpha value is -4.12. The van der Waals surface area contributed by atoms with Crippen molar-refractivity contribution < 1.29 is 19.1 Å². The maximum absolute atomic E-state index is 13.7. The molecule has 0 amide bonds. The molecular formula is C38H43N3O5S. The Kier molecular flexibility index (Phi) is 13.3. The molecule has 1 aromatic heterocycles. The average Bonchev–Trinajstić information content (AvgIpc) is 3.43. The summed E-state index contributed by atoms with van der Waals surface area (Å²) in [4.78, 5) is 19.2. The number of nitrogens with zero attached hydrogens (tertiary/aromatic N) is 1. The molecule has 0 unspecified atom stereocenters. The van der Waals surface area contributed by atoms with Crippen LogP contribution >= 0.6 is 12.0 Å². The van der Waals surface area contributed by atoms with Crippen molar-refractivity contribution in [3.05, 3.63) is 130 Å². The summed E-state index contributed by atoms with van der Waals surface area (Å²) in [7, 11) is 0. The van der Waals surface area contributed by atoms with Crippen LogP contribution in [-0.2, 0) is 27.2 Å². The monoisotopic (exact) mass is 653 g/mol. The predicted molar refractivity (Wildman–Crippen MR) is 187 cm³/mol. The SMILES string of the molecule is CCCCCCc1cccc(Cc2ccc(-c3[nH]n(-c4ccccc4)c(=O)c3Oc3ccc(SOOONCCCC)cc3)cc2)c1. The summed E-state index contributed by atoms with van der Waals surface area (Å²) in [5.74, 6) is 0.723. The van der Waals surface area contributed by atoms with Gasteiger partial charge in [0, 0.05) is 17.0 Å². The van der Waals surface area contributed by atoms with E-state index in [0.717, 1.165) is 53.9 Å². The van der Waals surface area contributed by atoms with E-state index < -0.39 is 0 Å². The van der Waals surface area contributed by atoms with Crippen molar-refractivity contribution in [2.24, 2.45) is 0 Å². The first-order chi connectivity index (χ1) is 23.1. The van der Waals surface area contributed by atoms with Gasteiger partial charge in [0.25, 0.3) is 0 Å². The van der Waals surface area contributed by atoms with Gasteiger partial charge in [0.2, 0.25) is 5.75 Å². The highest BCUT2D eigenvalue weighted by molar-refractivity contribution is 7.94. The van der Waals surface area contributed by atoms with E-state index in [9.17, 15) is 4.79 Å². The van der Waals surface area contributed by atoms with E-state index in [1.807, 2.05) is 54.6 Å². The minimum absolute atomic E-state index is 0.212. The van der Waals surface area contributed by atoms with E-state index >= 15 is 0 Å². The molecule has 0 radical (unpaired) electrons. The van der Waals surface area contributed by atoms with Gasteiger partial charge in [-0.25, -0.2) is 4.68 Å². The Morgan fingerprint density at radius 3 is 2.30 bits per heavy atom. The third-order valence-electron chi connectivity index (χ3n) is 7.75. The van der Waals surface area contributed by atoms with Gasteiger partial charge in [-0.05, 0) is 83.8 Å². The molecular weight excluding hydrogens is 611 g/mol. The van der Waals surface area contributed by atoms with E-state index in [-0.39, 0.29) is 11.3 Å². The van der Waals surface area contributed by atoms with Crippen molar-refractivity contribution in [2.75, 3.05) is 6.54 Å². The number of aryl methyl sites for hydroxylation is 1. The molecule has 246 valence electrons. The summed E-state index contributed by atoms with van der Waals surface area (Å²) < 4.78 is 12.8. The first-order valence-corrected chi connectivity index (χ1v) is 17.1. The van der Waals surface area contributed by atoms with E-state index in [1.165, 1.54) is 47.1 Å². The van der Waals surface area contributed by atoms with Gasteiger partial charge in [-0.3, -0.25) is 9.89 Å². The molecule has 0 aliphatic rings. The average molecular weight is 654 g/mol. The molecule has 5 rings (SSSR count). The van der Waals surface area contributed by atoms with Crippen LogP contribution in [0.3, 0.4) is 0 Å². The number of rotatable bonds is 19. The molecule has 1 heterocycles. The summed E-state index contributed by atoms with van der Waals surface area (Å²) in [5, 5.41) is 7.97. The summed E-state index contributed by atoms with van der Waals surface area (Å²) >= 11 is 0.996. The molecule has 0 spiro atoms. The lowest BCUT2D eigenvalue weighted by Crippen LogP contribution is -2.15. The summed E-state index contributed by atoms with van der Waals surface area (Å²) in [6, 6.07) is 33.8. The largest absolute Gasteiger partial charge is 0.449 e. The first-order valence-electron chi connectivity index (χ1n) is 16.4. The van der Waals surface area contributed by atoms with Gasteiger partial charge in [0.05, 0.1) is 17.7 Å². The molecule has 0 atom stereocenters. The Morgan fingerprint density at radius 1 is 0.766 bits per heavy atom. The maximum Gasteiger partial charge on any atom is 0.314 e. The maximum atomic E-state index is 13.7. The number of aromatic nitrogens is 2. The highest BCUT2D eigenvalue weighted by atomic mass is 32.2. The smallest absolute Gasteiger partial charge is 0.314 e. The lowest BCUT2D eigenvalue weighted by Gasteiger charge is -2.08. The number of hydrogen-bond acceptors (Lipinski definition) is 7. The number of ether oxygens (including phenoxy) is 1. The molecule has 0 saturated carbocycles. The van der Waals surface area contributed by atoms with Crippen LogP contribution in [0.15, 0.2) is 113 Å².